The van der Waals surface area contributed by atoms with Gasteiger partial charge in [-0.25, -0.2) is 0 Å². The lowest BCUT2D eigenvalue weighted by Gasteiger charge is -2.16. The summed E-state index contributed by atoms with van der Waals surface area (Å²) in [5.41, 5.74) is 6.75. The van der Waals surface area contributed by atoms with Gasteiger partial charge in [0, 0.05) is 19.0 Å². The fourth-order valence-corrected chi connectivity index (χ4v) is 2.30. The minimum Gasteiger partial charge on any atom is -0.496 e. The molecule has 1 aliphatic carbocycles. The van der Waals surface area contributed by atoms with Crippen LogP contribution in [0.1, 0.15) is 24.8 Å². The van der Waals surface area contributed by atoms with Crippen LogP contribution in [0, 0.1) is 5.92 Å². The summed E-state index contributed by atoms with van der Waals surface area (Å²) >= 11 is 0. The number of methoxy groups -OCH3 is 1. The number of aryl methyl sites for hydroxylation is 1. The smallest absolute Gasteiger partial charge is 0.220 e. The molecule has 0 heterocycles. The van der Waals surface area contributed by atoms with Crippen LogP contribution in [-0.2, 0) is 11.2 Å². The zero-order chi connectivity index (χ0) is 13.7. The number of nitrogens with one attached hydrogen (secondary N) is 1. The van der Waals surface area contributed by atoms with Gasteiger partial charge in [0.25, 0.3) is 0 Å². The van der Waals surface area contributed by atoms with Crippen molar-refractivity contribution in [2.24, 2.45) is 11.7 Å². The van der Waals surface area contributed by atoms with Crippen molar-refractivity contribution in [3.05, 3.63) is 29.8 Å². The molecule has 0 bridgehead atoms. The number of carbonyl (C=O) groups is 1. The van der Waals surface area contributed by atoms with Crippen LogP contribution in [0.25, 0.3) is 0 Å². The lowest BCUT2D eigenvalue weighted by Crippen LogP contribution is -2.41. The Bertz CT molecular complexity index is 436. The third-order valence-electron chi connectivity index (χ3n) is 3.61. The summed E-state index contributed by atoms with van der Waals surface area (Å²) in [4.78, 5) is 11.9. The van der Waals surface area contributed by atoms with Crippen molar-refractivity contribution in [3.8, 4) is 5.75 Å². The average molecular weight is 299 g/mol. The van der Waals surface area contributed by atoms with Crippen LogP contribution >= 0.6 is 12.4 Å². The molecule has 1 aromatic rings. The number of para-hydroxylation sites is 1. The highest BCUT2D eigenvalue weighted by molar-refractivity contribution is 5.85. The molecule has 1 fully saturated rings. The van der Waals surface area contributed by atoms with Crippen molar-refractivity contribution in [1.29, 1.82) is 0 Å². The van der Waals surface area contributed by atoms with E-state index in [0.29, 0.717) is 25.3 Å². The molecule has 1 unspecified atom stereocenters. The standard InChI is InChI=1S/C15H22N2O2.ClH/c1-19-14-5-3-2-4-12(14)8-9-15(18)17-13(10-16)11-6-7-11;/h2-5,11,13H,6-10,16H2,1H3,(H,17,18);1H. The van der Waals surface area contributed by atoms with E-state index in [-0.39, 0.29) is 24.4 Å². The Morgan fingerprint density at radius 3 is 2.75 bits per heavy atom. The molecule has 1 aliphatic rings. The maximum absolute atomic E-state index is 11.9. The van der Waals surface area contributed by atoms with E-state index in [4.69, 9.17) is 10.5 Å². The summed E-state index contributed by atoms with van der Waals surface area (Å²) in [6.45, 7) is 0.533. The molecule has 112 valence electrons. The first-order valence-corrected chi connectivity index (χ1v) is 6.86. The first-order chi connectivity index (χ1) is 9.24. The van der Waals surface area contributed by atoms with Crippen molar-refractivity contribution in [2.75, 3.05) is 13.7 Å². The van der Waals surface area contributed by atoms with Crippen molar-refractivity contribution < 1.29 is 9.53 Å². The molecule has 2 rings (SSSR count). The monoisotopic (exact) mass is 298 g/mol. The normalized spacial score (nSPS) is 15.1. The van der Waals surface area contributed by atoms with Gasteiger partial charge in [-0.05, 0) is 36.8 Å². The minimum atomic E-state index is 0. The van der Waals surface area contributed by atoms with Crippen LogP contribution in [0.2, 0.25) is 0 Å². The van der Waals surface area contributed by atoms with Crippen molar-refractivity contribution in [2.45, 2.75) is 31.7 Å². The quantitative estimate of drug-likeness (QED) is 0.808. The van der Waals surface area contributed by atoms with Gasteiger partial charge in [0.1, 0.15) is 5.75 Å². The van der Waals surface area contributed by atoms with Gasteiger partial charge in [-0.2, -0.15) is 0 Å². The van der Waals surface area contributed by atoms with Crippen LogP contribution in [0.4, 0.5) is 0 Å². The Morgan fingerprint density at radius 2 is 2.15 bits per heavy atom. The van der Waals surface area contributed by atoms with Gasteiger partial charge in [0.15, 0.2) is 0 Å². The van der Waals surface area contributed by atoms with Gasteiger partial charge >= 0.3 is 0 Å². The van der Waals surface area contributed by atoms with Gasteiger partial charge in [-0.1, -0.05) is 18.2 Å². The molecule has 1 aromatic carbocycles. The Labute approximate surface area is 126 Å². The van der Waals surface area contributed by atoms with E-state index >= 15 is 0 Å². The van der Waals surface area contributed by atoms with Gasteiger partial charge in [-0.3, -0.25) is 4.79 Å². The number of nitrogens with two attached hydrogens (primary N) is 1. The van der Waals surface area contributed by atoms with Gasteiger partial charge in [0.05, 0.1) is 7.11 Å². The molecule has 5 heteroatoms. The second-order valence-electron chi connectivity index (χ2n) is 5.06. The molecule has 0 aliphatic heterocycles. The maximum Gasteiger partial charge on any atom is 0.220 e. The number of hydrogen-bond donors (Lipinski definition) is 2. The largest absolute Gasteiger partial charge is 0.496 e. The van der Waals surface area contributed by atoms with E-state index in [9.17, 15) is 4.79 Å². The number of ether oxygens (including phenoxy) is 1. The summed E-state index contributed by atoms with van der Waals surface area (Å²) in [6.07, 6.45) is 3.55. The summed E-state index contributed by atoms with van der Waals surface area (Å²) in [5, 5.41) is 3.03. The van der Waals surface area contributed by atoms with Gasteiger partial charge < -0.3 is 15.8 Å². The van der Waals surface area contributed by atoms with Crippen molar-refractivity contribution in [1.82, 2.24) is 5.32 Å². The predicted molar refractivity (Wildman–Crippen MR) is 82.3 cm³/mol. The lowest BCUT2D eigenvalue weighted by molar-refractivity contribution is -0.121. The zero-order valence-electron chi connectivity index (χ0n) is 11.8. The minimum absolute atomic E-state index is 0. The van der Waals surface area contributed by atoms with Crippen LogP contribution in [-0.4, -0.2) is 25.6 Å². The first-order valence-electron chi connectivity index (χ1n) is 6.86. The third-order valence-corrected chi connectivity index (χ3v) is 3.61. The van der Waals surface area contributed by atoms with E-state index < -0.39 is 0 Å². The molecule has 3 N–H and O–H groups in total. The summed E-state index contributed by atoms with van der Waals surface area (Å²) in [7, 11) is 1.65. The molecule has 1 saturated carbocycles. The molecule has 1 amide bonds. The molecule has 0 aromatic heterocycles. The number of rotatable bonds is 7. The highest BCUT2D eigenvalue weighted by Gasteiger charge is 2.31. The SMILES string of the molecule is COc1ccccc1CCC(=O)NC(CN)C1CC1.Cl. The lowest BCUT2D eigenvalue weighted by atomic mass is 10.1. The Balaban J connectivity index is 0.00000200. The topological polar surface area (TPSA) is 64.3 Å². The number of hydrogen-bond acceptors (Lipinski definition) is 3. The molecule has 4 nitrogen and oxygen atoms in total. The summed E-state index contributed by atoms with van der Waals surface area (Å²) < 4.78 is 5.28. The number of amides is 1. The Hall–Kier alpha value is -1.26. The molecule has 0 saturated heterocycles. The van der Waals surface area contributed by atoms with Crippen molar-refractivity contribution >= 4 is 18.3 Å². The number of benzene rings is 1. The highest BCUT2D eigenvalue weighted by Crippen LogP contribution is 2.32. The molecule has 1 atom stereocenters. The van der Waals surface area contributed by atoms with Crippen molar-refractivity contribution in [3.63, 3.8) is 0 Å². The molecule has 20 heavy (non-hydrogen) atoms. The predicted octanol–water partition coefficient (Wildman–Crippen LogP) is 1.90. The third kappa shape index (κ3) is 4.69. The molecule has 0 radical (unpaired) electrons. The maximum atomic E-state index is 11.9. The average Bonchev–Trinajstić information content (AvgIpc) is 3.27. The second-order valence-corrected chi connectivity index (χ2v) is 5.06. The van der Waals surface area contributed by atoms with E-state index in [1.807, 2.05) is 24.3 Å². The molecule has 0 spiro atoms. The first kappa shape index (κ1) is 16.8. The van der Waals surface area contributed by atoms with Crippen LogP contribution in [0.3, 0.4) is 0 Å². The highest BCUT2D eigenvalue weighted by atomic mass is 35.5. The van der Waals surface area contributed by atoms with Crippen LogP contribution in [0.5, 0.6) is 5.75 Å². The van der Waals surface area contributed by atoms with E-state index in [1.54, 1.807) is 7.11 Å². The summed E-state index contributed by atoms with van der Waals surface area (Å²) in [5.74, 6) is 1.52. The van der Waals surface area contributed by atoms with Crippen LogP contribution in [0.15, 0.2) is 24.3 Å². The molecular formula is C15H23ClN2O2. The zero-order valence-corrected chi connectivity index (χ0v) is 12.6. The number of carbonyl (C=O) groups excluding carboxylic acids is 1. The number of halogens is 1. The second kappa shape index (κ2) is 8.12. The van der Waals surface area contributed by atoms with Gasteiger partial charge in [0.2, 0.25) is 5.91 Å². The fraction of sp³-hybridized carbons (Fsp3) is 0.533. The van der Waals surface area contributed by atoms with Crippen LogP contribution < -0.4 is 15.8 Å². The molecular weight excluding hydrogens is 276 g/mol. The fourth-order valence-electron chi connectivity index (χ4n) is 2.30. The Morgan fingerprint density at radius 1 is 1.45 bits per heavy atom. The van der Waals surface area contributed by atoms with Gasteiger partial charge in [-0.15, -0.1) is 12.4 Å². The Kier molecular flexibility index (Phi) is 6.82. The van der Waals surface area contributed by atoms with E-state index in [1.165, 1.54) is 12.8 Å². The van der Waals surface area contributed by atoms with E-state index in [0.717, 1.165) is 11.3 Å². The van der Waals surface area contributed by atoms with E-state index in [2.05, 4.69) is 5.32 Å². The summed E-state index contributed by atoms with van der Waals surface area (Å²) in [6, 6.07) is 7.96.